The van der Waals surface area contributed by atoms with Crippen LogP contribution >= 0.6 is 11.6 Å². The summed E-state index contributed by atoms with van der Waals surface area (Å²) in [5.74, 6) is 0.403. The third-order valence-corrected chi connectivity index (χ3v) is 5.53. The van der Waals surface area contributed by atoms with E-state index in [0.29, 0.717) is 17.3 Å². The van der Waals surface area contributed by atoms with Gasteiger partial charge in [0.15, 0.2) is 6.61 Å². The van der Waals surface area contributed by atoms with Crippen molar-refractivity contribution in [3.05, 3.63) is 64.7 Å². The van der Waals surface area contributed by atoms with Crippen LogP contribution in [0.2, 0.25) is 5.02 Å². The Morgan fingerprint density at radius 2 is 1.48 bits per heavy atom. The van der Waals surface area contributed by atoms with Gasteiger partial charge in [-0.2, -0.15) is 0 Å². The summed E-state index contributed by atoms with van der Waals surface area (Å²) in [5.41, 5.74) is 1.82. The fourth-order valence-corrected chi connectivity index (χ4v) is 2.78. The summed E-state index contributed by atoms with van der Waals surface area (Å²) < 4.78 is 29.7. The Morgan fingerprint density at radius 1 is 0.963 bits per heavy atom. The lowest BCUT2D eigenvalue weighted by molar-refractivity contribution is -0.132. The highest BCUT2D eigenvalue weighted by molar-refractivity contribution is 7.88. The zero-order valence-electron chi connectivity index (χ0n) is 15.6. The molecule has 0 aliphatic carbocycles. The third-order valence-electron chi connectivity index (χ3n) is 4.02. The second-order valence-electron chi connectivity index (χ2n) is 6.33. The second-order valence-corrected chi connectivity index (χ2v) is 8.85. The van der Waals surface area contributed by atoms with Crippen LogP contribution in [0.15, 0.2) is 48.5 Å². The molecule has 0 N–H and O–H groups in total. The third kappa shape index (κ3) is 6.86. The Bertz CT molecular complexity index is 868. The van der Waals surface area contributed by atoms with E-state index < -0.39 is 10.0 Å². The van der Waals surface area contributed by atoms with Gasteiger partial charge >= 0.3 is 0 Å². The molecule has 8 heteroatoms. The van der Waals surface area contributed by atoms with Crippen molar-refractivity contribution in [2.75, 3.05) is 27.0 Å². The highest BCUT2D eigenvalue weighted by Gasteiger charge is 2.12. The molecule has 0 heterocycles. The standard InChI is InChI=1S/C19H23ClN2O4S/c1-21(12-15-4-8-17(20)9-5-15)19(23)14-26-18-10-6-16(7-11-18)13-22(2)27(3,24)25/h4-11H,12-14H2,1-3H3. The Balaban J connectivity index is 1.84. The highest BCUT2D eigenvalue weighted by Crippen LogP contribution is 2.15. The predicted octanol–water partition coefficient (Wildman–Crippen LogP) is 2.77. The van der Waals surface area contributed by atoms with Crippen LogP contribution < -0.4 is 4.74 Å². The molecule has 0 aromatic heterocycles. The van der Waals surface area contributed by atoms with Crippen LogP contribution in [0, 0.1) is 0 Å². The molecule has 6 nitrogen and oxygen atoms in total. The number of carbonyl (C=O) groups is 1. The minimum Gasteiger partial charge on any atom is -0.484 e. The fourth-order valence-electron chi connectivity index (χ4n) is 2.27. The summed E-state index contributed by atoms with van der Waals surface area (Å²) in [7, 11) is 0.00961. The smallest absolute Gasteiger partial charge is 0.260 e. The Hall–Kier alpha value is -2.09. The molecule has 2 aromatic carbocycles. The predicted molar refractivity (Wildman–Crippen MR) is 106 cm³/mol. The number of likely N-dealkylation sites (N-methyl/N-ethyl adjacent to an activating group) is 1. The molecule has 0 radical (unpaired) electrons. The molecule has 27 heavy (non-hydrogen) atoms. The van der Waals surface area contributed by atoms with E-state index in [-0.39, 0.29) is 19.1 Å². The molecule has 2 aromatic rings. The second kappa shape index (κ2) is 9.21. The molecule has 0 aliphatic heterocycles. The van der Waals surface area contributed by atoms with Gasteiger partial charge in [-0.3, -0.25) is 4.79 Å². The van der Waals surface area contributed by atoms with E-state index >= 15 is 0 Å². The maximum atomic E-state index is 12.2. The monoisotopic (exact) mass is 410 g/mol. The summed E-state index contributed by atoms with van der Waals surface area (Å²) in [6.45, 7) is 0.671. The number of rotatable bonds is 8. The summed E-state index contributed by atoms with van der Waals surface area (Å²) in [4.78, 5) is 13.8. The van der Waals surface area contributed by atoms with Crippen molar-refractivity contribution >= 4 is 27.5 Å². The van der Waals surface area contributed by atoms with Crippen molar-refractivity contribution in [3.8, 4) is 5.75 Å². The number of nitrogens with zero attached hydrogens (tertiary/aromatic N) is 2. The van der Waals surface area contributed by atoms with Gasteiger partial charge in [0.25, 0.3) is 5.91 Å². The quantitative estimate of drug-likeness (QED) is 0.671. The maximum Gasteiger partial charge on any atom is 0.260 e. The minimum absolute atomic E-state index is 0.0767. The van der Waals surface area contributed by atoms with Crippen LogP contribution in [-0.4, -0.2) is 50.5 Å². The average Bonchev–Trinajstić information content (AvgIpc) is 2.62. The highest BCUT2D eigenvalue weighted by atomic mass is 35.5. The first-order chi connectivity index (χ1) is 12.6. The largest absolute Gasteiger partial charge is 0.484 e. The van der Waals surface area contributed by atoms with Gasteiger partial charge in [0, 0.05) is 32.2 Å². The molecule has 0 aliphatic rings. The van der Waals surface area contributed by atoms with E-state index in [0.717, 1.165) is 17.4 Å². The average molecular weight is 411 g/mol. The number of hydrogen-bond donors (Lipinski definition) is 0. The summed E-state index contributed by atoms with van der Waals surface area (Å²) in [6.07, 6.45) is 1.16. The van der Waals surface area contributed by atoms with Gasteiger partial charge in [-0.05, 0) is 35.4 Å². The molecule has 146 valence electrons. The number of ether oxygens (including phenoxy) is 1. The van der Waals surface area contributed by atoms with Crippen LogP contribution in [0.1, 0.15) is 11.1 Å². The van der Waals surface area contributed by atoms with Gasteiger partial charge in [0.05, 0.1) is 6.26 Å². The lowest BCUT2D eigenvalue weighted by Crippen LogP contribution is -2.30. The molecule has 0 atom stereocenters. The van der Waals surface area contributed by atoms with Crippen molar-refractivity contribution in [1.82, 2.24) is 9.21 Å². The molecule has 0 fully saturated rings. The molecule has 0 unspecified atom stereocenters. The lowest BCUT2D eigenvalue weighted by Gasteiger charge is -2.18. The molecule has 2 rings (SSSR count). The van der Waals surface area contributed by atoms with Crippen molar-refractivity contribution in [1.29, 1.82) is 0 Å². The number of hydrogen-bond acceptors (Lipinski definition) is 4. The van der Waals surface area contributed by atoms with Crippen LogP contribution in [-0.2, 0) is 27.9 Å². The molecule has 0 bridgehead atoms. The number of amides is 1. The molecule has 0 spiro atoms. The van der Waals surface area contributed by atoms with Crippen molar-refractivity contribution < 1.29 is 17.9 Å². The molecular weight excluding hydrogens is 388 g/mol. The minimum atomic E-state index is -3.23. The van der Waals surface area contributed by atoms with Gasteiger partial charge in [-0.25, -0.2) is 12.7 Å². The first-order valence-electron chi connectivity index (χ1n) is 8.26. The van der Waals surface area contributed by atoms with E-state index in [1.807, 2.05) is 12.1 Å². The number of halogens is 1. The lowest BCUT2D eigenvalue weighted by atomic mass is 10.2. The molecule has 0 saturated carbocycles. The fraction of sp³-hybridized carbons (Fsp3) is 0.316. The van der Waals surface area contributed by atoms with Crippen LogP contribution in [0.5, 0.6) is 5.75 Å². The first-order valence-corrected chi connectivity index (χ1v) is 10.5. The van der Waals surface area contributed by atoms with Crippen LogP contribution in [0.3, 0.4) is 0 Å². The number of sulfonamides is 1. The zero-order valence-corrected chi connectivity index (χ0v) is 17.1. The van der Waals surface area contributed by atoms with Crippen molar-refractivity contribution in [2.24, 2.45) is 0 Å². The van der Waals surface area contributed by atoms with Gasteiger partial charge in [0.2, 0.25) is 10.0 Å². The molecular formula is C19H23ClN2O4S. The van der Waals surface area contributed by atoms with Crippen molar-refractivity contribution in [3.63, 3.8) is 0 Å². The Kier molecular flexibility index (Phi) is 7.24. The Morgan fingerprint density at radius 3 is 2.04 bits per heavy atom. The number of benzene rings is 2. The normalized spacial score (nSPS) is 11.4. The van der Waals surface area contributed by atoms with Crippen LogP contribution in [0.4, 0.5) is 0 Å². The molecule has 0 saturated heterocycles. The Labute approximate surface area is 165 Å². The van der Waals surface area contributed by atoms with Gasteiger partial charge in [-0.1, -0.05) is 35.9 Å². The topological polar surface area (TPSA) is 66.9 Å². The SMILES string of the molecule is CN(Cc1ccc(Cl)cc1)C(=O)COc1ccc(CN(C)S(C)(=O)=O)cc1. The van der Waals surface area contributed by atoms with Gasteiger partial charge in [0.1, 0.15) is 5.75 Å². The zero-order chi connectivity index (χ0) is 20.0. The van der Waals surface area contributed by atoms with E-state index in [1.165, 1.54) is 11.4 Å². The van der Waals surface area contributed by atoms with Gasteiger partial charge < -0.3 is 9.64 Å². The molecule has 1 amide bonds. The summed E-state index contributed by atoms with van der Waals surface area (Å²) in [6, 6.07) is 14.3. The van der Waals surface area contributed by atoms with E-state index in [4.69, 9.17) is 16.3 Å². The maximum absolute atomic E-state index is 12.2. The van der Waals surface area contributed by atoms with E-state index in [1.54, 1.807) is 48.3 Å². The van der Waals surface area contributed by atoms with E-state index in [9.17, 15) is 13.2 Å². The first kappa shape index (κ1) is 21.2. The summed E-state index contributed by atoms with van der Waals surface area (Å²) in [5, 5.41) is 0.655. The number of carbonyl (C=O) groups excluding carboxylic acids is 1. The van der Waals surface area contributed by atoms with E-state index in [2.05, 4.69) is 0 Å². The van der Waals surface area contributed by atoms with Gasteiger partial charge in [-0.15, -0.1) is 0 Å². The van der Waals surface area contributed by atoms with Crippen molar-refractivity contribution in [2.45, 2.75) is 13.1 Å². The summed E-state index contributed by atoms with van der Waals surface area (Å²) >= 11 is 5.86. The van der Waals surface area contributed by atoms with Crippen LogP contribution in [0.25, 0.3) is 0 Å².